The Balaban J connectivity index is 2.03. The average Bonchev–Trinajstić information content (AvgIpc) is 2.71. The molecule has 0 saturated heterocycles. The summed E-state index contributed by atoms with van der Waals surface area (Å²) < 4.78 is 16.9. The number of unbranched alkanes of at least 4 members (excludes halogenated alkanes) is 1. The van der Waals surface area contributed by atoms with Crippen molar-refractivity contribution in [1.29, 1.82) is 0 Å². The minimum Gasteiger partial charge on any atom is -0.493 e. The first-order chi connectivity index (χ1) is 13.6. The van der Waals surface area contributed by atoms with Crippen molar-refractivity contribution in [2.75, 3.05) is 14.2 Å². The number of aromatic nitrogens is 1. The summed E-state index contributed by atoms with van der Waals surface area (Å²) in [6.07, 6.45) is 4.83. The van der Waals surface area contributed by atoms with Gasteiger partial charge in [0.1, 0.15) is 11.5 Å². The third-order valence-electron chi connectivity index (χ3n) is 4.67. The first-order valence-electron chi connectivity index (χ1n) is 9.39. The molecule has 28 heavy (non-hydrogen) atoms. The van der Waals surface area contributed by atoms with E-state index in [1.165, 1.54) is 0 Å². The van der Waals surface area contributed by atoms with Crippen molar-refractivity contribution in [3.63, 3.8) is 0 Å². The Morgan fingerprint density at radius 2 is 1.71 bits per heavy atom. The predicted molar refractivity (Wildman–Crippen MR) is 110 cm³/mol. The van der Waals surface area contributed by atoms with Gasteiger partial charge >= 0.3 is 0 Å². The zero-order valence-electron chi connectivity index (χ0n) is 16.7. The number of methoxy groups -OCH3 is 2. The molecule has 3 aromatic rings. The van der Waals surface area contributed by atoms with Crippen LogP contribution >= 0.6 is 0 Å². The Bertz CT molecular complexity index is 997. The molecule has 0 fully saturated rings. The van der Waals surface area contributed by atoms with Gasteiger partial charge in [-0.25, -0.2) is 0 Å². The van der Waals surface area contributed by atoms with Crippen LogP contribution in [0, 0.1) is 0 Å². The summed E-state index contributed by atoms with van der Waals surface area (Å²) in [5.41, 5.74) is 2.45. The summed E-state index contributed by atoms with van der Waals surface area (Å²) >= 11 is 0. The standard InChI is InChI=1S/C23H25NO4/c1-5-6-7-16-8-9-20(17(12-16)15(2)25)28-21-10-11-24-19-14-23(27-4)22(26-3)13-18(19)21/h8-14H,5-7H2,1-4H3. The van der Waals surface area contributed by atoms with E-state index in [2.05, 4.69) is 11.9 Å². The fraction of sp³-hybridized carbons (Fsp3) is 0.304. The number of fused-ring (bicyclic) bond motifs is 1. The SMILES string of the molecule is CCCCc1ccc(Oc2ccnc3cc(OC)c(OC)cc23)c(C(C)=O)c1. The molecular weight excluding hydrogens is 354 g/mol. The van der Waals surface area contributed by atoms with Gasteiger partial charge in [-0.05, 0) is 49.6 Å². The van der Waals surface area contributed by atoms with Gasteiger partial charge in [-0.15, -0.1) is 0 Å². The Morgan fingerprint density at radius 1 is 0.964 bits per heavy atom. The third-order valence-corrected chi connectivity index (χ3v) is 4.67. The minimum absolute atomic E-state index is 0.0223. The Hall–Kier alpha value is -3.08. The lowest BCUT2D eigenvalue weighted by Crippen LogP contribution is -2.00. The third kappa shape index (κ3) is 4.09. The van der Waals surface area contributed by atoms with Gasteiger partial charge in [-0.3, -0.25) is 9.78 Å². The number of carbonyl (C=O) groups is 1. The Labute approximate surface area is 165 Å². The second kappa shape index (κ2) is 8.74. The van der Waals surface area contributed by atoms with Crippen molar-refractivity contribution in [3.8, 4) is 23.0 Å². The molecular formula is C23H25NO4. The van der Waals surface area contributed by atoms with Gasteiger partial charge in [-0.1, -0.05) is 19.4 Å². The van der Waals surface area contributed by atoms with E-state index in [-0.39, 0.29) is 5.78 Å². The molecule has 0 atom stereocenters. The van der Waals surface area contributed by atoms with E-state index in [1.54, 1.807) is 39.5 Å². The molecule has 0 N–H and O–H groups in total. The molecule has 2 aromatic carbocycles. The van der Waals surface area contributed by atoms with Gasteiger partial charge in [0.2, 0.25) is 0 Å². The maximum atomic E-state index is 12.2. The zero-order chi connectivity index (χ0) is 20.1. The van der Waals surface area contributed by atoms with Crippen LogP contribution in [0.5, 0.6) is 23.0 Å². The average molecular weight is 379 g/mol. The van der Waals surface area contributed by atoms with E-state index >= 15 is 0 Å². The highest BCUT2D eigenvalue weighted by Crippen LogP contribution is 2.37. The Kier molecular flexibility index (Phi) is 6.14. The summed E-state index contributed by atoms with van der Waals surface area (Å²) in [7, 11) is 3.17. The highest BCUT2D eigenvalue weighted by molar-refractivity contribution is 5.97. The number of hydrogen-bond acceptors (Lipinski definition) is 5. The maximum absolute atomic E-state index is 12.2. The number of aryl methyl sites for hydroxylation is 1. The van der Waals surface area contributed by atoms with Crippen molar-refractivity contribution in [3.05, 3.63) is 53.7 Å². The number of Topliss-reactive ketones (excluding diaryl/α,β-unsaturated/α-hetero) is 1. The van der Waals surface area contributed by atoms with E-state index in [4.69, 9.17) is 14.2 Å². The number of nitrogens with zero attached hydrogens (tertiary/aromatic N) is 1. The summed E-state index contributed by atoms with van der Waals surface area (Å²) in [6.45, 7) is 3.71. The molecule has 1 heterocycles. The van der Waals surface area contributed by atoms with Gasteiger partial charge in [0.25, 0.3) is 0 Å². The summed E-state index contributed by atoms with van der Waals surface area (Å²) in [6, 6.07) is 11.2. The zero-order valence-corrected chi connectivity index (χ0v) is 16.7. The molecule has 3 rings (SSSR count). The fourth-order valence-corrected chi connectivity index (χ4v) is 3.13. The van der Waals surface area contributed by atoms with Gasteiger partial charge in [-0.2, -0.15) is 0 Å². The lowest BCUT2D eigenvalue weighted by Gasteiger charge is -2.14. The molecule has 0 bridgehead atoms. The normalized spacial score (nSPS) is 10.7. The second-order valence-electron chi connectivity index (χ2n) is 6.63. The predicted octanol–water partition coefficient (Wildman–Crippen LogP) is 5.59. The molecule has 5 heteroatoms. The first-order valence-corrected chi connectivity index (χ1v) is 9.39. The molecule has 0 aliphatic heterocycles. The quantitative estimate of drug-likeness (QED) is 0.478. The summed E-state index contributed by atoms with van der Waals surface area (Å²) in [4.78, 5) is 16.6. The van der Waals surface area contributed by atoms with Crippen LogP contribution in [0.4, 0.5) is 0 Å². The number of ether oxygens (including phenoxy) is 3. The monoisotopic (exact) mass is 379 g/mol. The number of carbonyl (C=O) groups excluding carboxylic acids is 1. The largest absolute Gasteiger partial charge is 0.493 e. The number of benzene rings is 2. The molecule has 0 amide bonds. The van der Waals surface area contributed by atoms with Gasteiger partial charge in [0, 0.05) is 17.6 Å². The second-order valence-corrected chi connectivity index (χ2v) is 6.63. The number of rotatable bonds is 8. The lowest BCUT2D eigenvalue weighted by atomic mass is 10.0. The molecule has 5 nitrogen and oxygen atoms in total. The molecule has 146 valence electrons. The summed E-state index contributed by atoms with van der Waals surface area (Å²) in [5, 5.41) is 0.782. The van der Waals surface area contributed by atoms with Gasteiger partial charge < -0.3 is 14.2 Å². The maximum Gasteiger partial charge on any atom is 0.163 e. The first kappa shape index (κ1) is 19.7. The number of hydrogen-bond donors (Lipinski definition) is 0. The van der Waals surface area contributed by atoms with Crippen LogP contribution < -0.4 is 14.2 Å². The molecule has 0 radical (unpaired) electrons. The molecule has 0 spiro atoms. The molecule has 1 aromatic heterocycles. The summed E-state index contributed by atoms with van der Waals surface area (Å²) in [5.74, 6) is 2.31. The van der Waals surface area contributed by atoms with Crippen LogP contribution in [0.2, 0.25) is 0 Å². The van der Waals surface area contributed by atoms with Crippen molar-refractivity contribution in [1.82, 2.24) is 4.98 Å². The Morgan fingerprint density at radius 3 is 2.39 bits per heavy atom. The van der Waals surface area contributed by atoms with Crippen LogP contribution in [0.25, 0.3) is 10.9 Å². The van der Waals surface area contributed by atoms with E-state index < -0.39 is 0 Å². The van der Waals surface area contributed by atoms with Crippen molar-refractivity contribution >= 4 is 16.7 Å². The van der Waals surface area contributed by atoms with E-state index in [0.29, 0.717) is 28.6 Å². The van der Waals surface area contributed by atoms with Crippen molar-refractivity contribution in [2.24, 2.45) is 0 Å². The smallest absolute Gasteiger partial charge is 0.163 e. The minimum atomic E-state index is -0.0223. The number of ketones is 1. The van der Waals surface area contributed by atoms with Crippen LogP contribution in [0.3, 0.4) is 0 Å². The van der Waals surface area contributed by atoms with E-state index in [9.17, 15) is 4.79 Å². The van der Waals surface area contributed by atoms with Crippen molar-refractivity contribution < 1.29 is 19.0 Å². The van der Waals surface area contributed by atoms with E-state index in [0.717, 1.165) is 35.7 Å². The van der Waals surface area contributed by atoms with Crippen LogP contribution in [0.1, 0.15) is 42.6 Å². The van der Waals surface area contributed by atoms with Crippen LogP contribution in [-0.2, 0) is 6.42 Å². The topological polar surface area (TPSA) is 57.6 Å². The lowest BCUT2D eigenvalue weighted by molar-refractivity contribution is 0.101. The van der Waals surface area contributed by atoms with Gasteiger partial charge in [0.05, 0.1) is 25.3 Å². The molecule has 0 aliphatic rings. The fourth-order valence-electron chi connectivity index (χ4n) is 3.13. The van der Waals surface area contributed by atoms with Crippen LogP contribution in [0.15, 0.2) is 42.6 Å². The molecule has 0 unspecified atom stereocenters. The van der Waals surface area contributed by atoms with E-state index in [1.807, 2.05) is 24.3 Å². The highest BCUT2D eigenvalue weighted by Gasteiger charge is 2.15. The van der Waals surface area contributed by atoms with Gasteiger partial charge in [0.15, 0.2) is 17.3 Å². The van der Waals surface area contributed by atoms with Crippen LogP contribution in [-0.4, -0.2) is 25.0 Å². The number of pyridine rings is 1. The molecule has 0 saturated carbocycles. The molecule has 0 aliphatic carbocycles. The van der Waals surface area contributed by atoms with Crippen molar-refractivity contribution in [2.45, 2.75) is 33.1 Å². The highest BCUT2D eigenvalue weighted by atomic mass is 16.5.